The molecule has 2 rings (SSSR count). The number of anilines is 1. The van der Waals surface area contributed by atoms with Gasteiger partial charge >= 0.3 is 0 Å². The van der Waals surface area contributed by atoms with Crippen LogP contribution in [0.3, 0.4) is 0 Å². The molecule has 1 heterocycles. The molecule has 0 aromatic heterocycles. The number of hydrogen-bond acceptors (Lipinski definition) is 2. The molecular weight excluding hydrogens is 234 g/mol. The zero-order valence-electron chi connectivity index (χ0n) is 12.7. The van der Waals surface area contributed by atoms with Crippen LogP contribution in [0.5, 0.6) is 0 Å². The first-order chi connectivity index (χ1) is 9.00. The van der Waals surface area contributed by atoms with E-state index < -0.39 is 0 Å². The number of nitrogens with one attached hydrogen (secondary N) is 1. The number of rotatable bonds is 3. The Kier molecular flexibility index (Phi) is 4.51. The fraction of sp³-hybridized carbons (Fsp3) is 0.647. The van der Waals surface area contributed by atoms with Crippen molar-refractivity contribution >= 4 is 5.69 Å². The fourth-order valence-corrected chi connectivity index (χ4v) is 2.78. The van der Waals surface area contributed by atoms with Gasteiger partial charge in [0.2, 0.25) is 0 Å². The van der Waals surface area contributed by atoms with E-state index in [-0.39, 0.29) is 5.41 Å². The van der Waals surface area contributed by atoms with E-state index in [1.807, 2.05) is 0 Å². The van der Waals surface area contributed by atoms with Crippen molar-refractivity contribution in [2.45, 2.75) is 64.5 Å². The van der Waals surface area contributed by atoms with Gasteiger partial charge in [-0.3, -0.25) is 0 Å². The average molecular weight is 261 g/mol. The van der Waals surface area contributed by atoms with Crippen LogP contribution in [0.2, 0.25) is 0 Å². The highest BCUT2D eigenvalue weighted by molar-refractivity contribution is 5.54. The highest BCUT2D eigenvalue weighted by Gasteiger charge is 2.23. The third-order valence-corrected chi connectivity index (χ3v) is 3.92. The van der Waals surface area contributed by atoms with Gasteiger partial charge in [0.1, 0.15) is 0 Å². The molecule has 106 valence electrons. The van der Waals surface area contributed by atoms with Crippen LogP contribution in [-0.4, -0.2) is 18.8 Å². The summed E-state index contributed by atoms with van der Waals surface area (Å²) in [4.78, 5) is 0. The lowest BCUT2D eigenvalue weighted by molar-refractivity contribution is 0.00924. The van der Waals surface area contributed by atoms with Gasteiger partial charge in [-0.1, -0.05) is 45.9 Å². The molecule has 0 bridgehead atoms. The first-order valence-corrected chi connectivity index (χ1v) is 7.48. The minimum atomic E-state index is 0.179. The molecule has 1 aliphatic heterocycles. The molecule has 0 saturated carbocycles. The van der Waals surface area contributed by atoms with Gasteiger partial charge in [0.05, 0.1) is 6.10 Å². The summed E-state index contributed by atoms with van der Waals surface area (Å²) in [5.41, 5.74) is 2.87. The second kappa shape index (κ2) is 5.96. The van der Waals surface area contributed by atoms with Gasteiger partial charge in [0, 0.05) is 18.3 Å². The maximum Gasteiger partial charge on any atom is 0.0592 e. The van der Waals surface area contributed by atoms with Crippen molar-refractivity contribution in [2.75, 3.05) is 11.9 Å². The zero-order valence-corrected chi connectivity index (χ0v) is 12.7. The molecule has 2 unspecified atom stereocenters. The van der Waals surface area contributed by atoms with E-state index in [9.17, 15) is 0 Å². The molecule has 1 fully saturated rings. The standard InChI is InChI=1S/C17H27NO/c1-5-14-12-13(10-11-19-14)18-16-9-7-6-8-15(16)17(2,3)4/h6-9,13-14,18H,5,10-12H2,1-4H3. The van der Waals surface area contributed by atoms with Gasteiger partial charge in [0.25, 0.3) is 0 Å². The van der Waals surface area contributed by atoms with E-state index >= 15 is 0 Å². The molecule has 2 nitrogen and oxygen atoms in total. The quantitative estimate of drug-likeness (QED) is 0.873. The van der Waals surface area contributed by atoms with E-state index in [0.29, 0.717) is 12.1 Å². The van der Waals surface area contributed by atoms with Crippen molar-refractivity contribution in [3.05, 3.63) is 29.8 Å². The van der Waals surface area contributed by atoms with Crippen LogP contribution < -0.4 is 5.32 Å². The Morgan fingerprint density at radius 1 is 1.26 bits per heavy atom. The lowest BCUT2D eigenvalue weighted by atomic mass is 9.85. The monoisotopic (exact) mass is 261 g/mol. The molecule has 19 heavy (non-hydrogen) atoms. The lowest BCUT2D eigenvalue weighted by Crippen LogP contribution is -2.34. The average Bonchev–Trinajstić information content (AvgIpc) is 2.38. The number of ether oxygens (including phenoxy) is 1. The predicted molar refractivity (Wildman–Crippen MR) is 81.8 cm³/mol. The van der Waals surface area contributed by atoms with E-state index in [1.54, 1.807) is 0 Å². The summed E-state index contributed by atoms with van der Waals surface area (Å²) in [6.45, 7) is 9.90. The minimum Gasteiger partial charge on any atom is -0.382 e. The van der Waals surface area contributed by atoms with Gasteiger partial charge in [0.15, 0.2) is 0 Å². The Hall–Kier alpha value is -1.02. The number of benzene rings is 1. The van der Waals surface area contributed by atoms with Gasteiger partial charge < -0.3 is 10.1 Å². The van der Waals surface area contributed by atoms with Crippen molar-refractivity contribution in [3.63, 3.8) is 0 Å². The molecule has 1 aromatic carbocycles. The van der Waals surface area contributed by atoms with Gasteiger partial charge in [-0.25, -0.2) is 0 Å². The molecule has 1 saturated heterocycles. The lowest BCUT2D eigenvalue weighted by Gasteiger charge is -2.32. The molecule has 1 aliphatic rings. The van der Waals surface area contributed by atoms with Crippen LogP contribution in [0.25, 0.3) is 0 Å². The molecule has 0 aliphatic carbocycles. The summed E-state index contributed by atoms with van der Waals surface area (Å²) in [7, 11) is 0. The fourth-order valence-electron chi connectivity index (χ4n) is 2.78. The maximum atomic E-state index is 5.75. The molecule has 1 N–H and O–H groups in total. The number of para-hydroxylation sites is 1. The minimum absolute atomic E-state index is 0.179. The molecule has 0 radical (unpaired) electrons. The third kappa shape index (κ3) is 3.73. The van der Waals surface area contributed by atoms with Gasteiger partial charge in [-0.05, 0) is 36.3 Å². The maximum absolute atomic E-state index is 5.75. The van der Waals surface area contributed by atoms with Crippen molar-refractivity contribution in [3.8, 4) is 0 Å². The predicted octanol–water partition coefficient (Wildman–Crippen LogP) is 4.35. The second-order valence-corrected chi connectivity index (χ2v) is 6.56. The Balaban J connectivity index is 2.11. The summed E-state index contributed by atoms with van der Waals surface area (Å²) in [6.07, 6.45) is 3.76. The van der Waals surface area contributed by atoms with E-state index in [2.05, 4.69) is 57.3 Å². The summed E-state index contributed by atoms with van der Waals surface area (Å²) in [6, 6.07) is 9.23. The highest BCUT2D eigenvalue weighted by atomic mass is 16.5. The van der Waals surface area contributed by atoms with Crippen molar-refractivity contribution in [1.29, 1.82) is 0 Å². The van der Waals surface area contributed by atoms with E-state index in [0.717, 1.165) is 25.9 Å². The zero-order chi connectivity index (χ0) is 13.9. The van der Waals surface area contributed by atoms with Gasteiger partial charge in [-0.2, -0.15) is 0 Å². The Labute approximate surface area is 117 Å². The van der Waals surface area contributed by atoms with Crippen molar-refractivity contribution in [1.82, 2.24) is 0 Å². The summed E-state index contributed by atoms with van der Waals surface area (Å²) in [5.74, 6) is 0. The summed E-state index contributed by atoms with van der Waals surface area (Å²) < 4.78 is 5.75. The third-order valence-electron chi connectivity index (χ3n) is 3.92. The Bertz CT molecular complexity index is 408. The molecule has 0 spiro atoms. The number of hydrogen-bond donors (Lipinski definition) is 1. The van der Waals surface area contributed by atoms with E-state index in [4.69, 9.17) is 4.74 Å². The van der Waals surface area contributed by atoms with Crippen LogP contribution in [0.1, 0.15) is 52.5 Å². The topological polar surface area (TPSA) is 21.3 Å². The van der Waals surface area contributed by atoms with Crippen molar-refractivity contribution in [2.24, 2.45) is 0 Å². The molecule has 0 amide bonds. The van der Waals surface area contributed by atoms with Crippen LogP contribution >= 0.6 is 0 Å². The molecule has 2 atom stereocenters. The Morgan fingerprint density at radius 3 is 2.68 bits per heavy atom. The highest BCUT2D eigenvalue weighted by Crippen LogP contribution is 2.31. The first kappa shape index (κ1) is 14.4. The first-order valence-electron chi connectivity index (χ1n) is 7.48. The van der Waals surface area contributed by atoms with Crippen LogP contribution in [-0.2, 0) is 10.2 Å². The molecular formula is C17H27NO. The molecule has 1 aromatic rings. The largest absolute Gasteiger partial charge is 0.382 e. The normalized spacial score (nSPS) is 24.2. The van der Waals surface area contributed by atoms with Crippen LogP contribution in [0.4, 0.5) is 5.69 Å². The summed E-state index contributed by atoms with van der Waals surface area (Å²) in [5, 5.41) is 3.74. The SMILES string of the molecule is CCC1CC(Nc2ccccc2C(C)(C)C)CCO1. The van der Waals surface area contributed by atoms with E-state index in [1.165, 1.54) is 11.3 Å². The second-order valence-electron chi connectivity index (χ2n) is 6.56. The Morgan fingerprint density at radius 2 is 2.00 bits per heavy atom. The van der Waals surface area contributed by atoms with Crippen LogP contribution in [0, 0.1) is 0 Å². The smallest absolute Gasteiger partial charge is 0.0592 e. The molecule has 2 heteroatoms. The van der Waals surface area contributed by atoms with Gasteiger partial charge in [-0.15, -0.1) is 0 Å². The van der Waals surface area contributed by atoms with Crippen LogP contribution in [0.15, 0.2) is 24.3 Å². The van der Waals surface area contributed by atoms with Crippen molar-refractivity contribution < 1.29 is 4.74 Å². The summed E-state index contributed by atoms with van der Waals surface area (Å²) >= 11 is 0.